The summed E-state index contributed by atoms with van der Waals surface area (Å²) in [6, 6.07) is 0. The highest BCUT2D eigenvalue weighted by Gasteiger charge is 2.43. The van der Waals surface area contributed by atoms with Crippen LogP contribution in [-0.2, 0) is 36.4 Å². The number of imidazole rings is 1. The summed E-state index contributed by atoms with van der Waals surface area (Å²) in [5.41, 5.74) is 7.67. The van der Waals surface area contributed by atoms with Crippen LogP contribution in [0.2, 0.25) is 0 Å². The van der Waals surface area contributed by atoms with Crippen LogP contribution >= 0.6 is 23.5 Å². The highest BCUT2D eigenvalue weighted by molar-refractivity contribution is 7.66. The lowest BCUT2D eigenvalue weighted by molar-refractivity contribution is -0.0600. The lowest BCUT2D eigenvalue weighted by Gasteiger charge is -2.20. The summed E-state index contributed by atoms with van der Waals surface area (Å²) < 4.78 is 52.6. The lowest BCUT2D eigenvalue weighted by atomic mass is 10.2. The minimum atomic E-state index is -5.70. The van der Waals surface area contributed by atoms with Crippen molar-refractivity contribution >= 4 is 40.6 Å². The second-order valence-electron chi connectivity index (χ2n) is 6.33. The number of hydrogen-bond donors (Lipinski definition) is 6. The Morgan fingerprint density at radius 3 is 2.62 bits per heavy atom. The Kier molecular flexibility index (Phi) is 7.73. The average Bonchev–Trinajstić information content (AvgIpc) is 3.27. The van der Waals surface area contributed by atoms with Crippen LogP contribution in [0, 0.1) is 0 Å². The summed E-state index contributed by atoms with van der Waals surface area (Å²) in [5.74, 6) is 4.86. The fraction of sp³-hybridized carbons (Fsp3) is 0.500. The van der Waals surface area contributed by atoms with E-state index < -0.39 is 54.1 Å². The van der Waals surface area contributed by atoms with Crippen molar-refractivity contribution in [2.45, 2.75) is 24.9 Å². The molecular formula is C10H15N8O13P3. The number of phosphoric acid groups is 3. The quantitative estimate of drug-likeness (QED) is 0.0745. The first-order chi connectivity index (χ1) is 15.7. The molecule has 0 saturated carbocycles. The van der Waals surface area contributed by atoms with Crippen molar-refractivity contribution in [3.63, 3.8) is 0 Å². The van der Waals surface area contributed by atoms with Crippen molar-refractivity contribution in [2.75, 3.05) is 6.61 Å². The maximum absolute atomic E-state index is 12.1. The van der Waals surface area contributed by atoms with Crippen LogP contribution in [0.3, 0.4) is 0 Å². The molecule has 2 aromatic rings. The van der Waals surface area contributed by atoms with Gasteiger partial charge >= 0.3 is 23.5 Å². The van der Waals surface area contributed by atoms with Crippen LogP contribution in [0.25, 0.3) is 21.6 Å². The number of nitrogens with zero attached hydrogens (tertiary/aromatic N) is 6. The van der Waals surface area contributed by atoms with Gasteiger partial charge in [-0.15, -0.1) is 0 Å². The molecule has 0 amide bonds. The fourth-order valence-corrected chi connectivity index (χ4v) is 5.88. The Balaban J connectivity index is 1.75. The molecule has 0 aliphatic carbocycles. The van der Waals surface area contributed by atoms with E-state index in [1.807, 2.05) is 0 Å². The summed E-state index contributed by atoms with van der Waals surface area (Å²) >= 11 is 0. The number of H-pyrrole nitrogens is 1. The third-order valence-electron chi connectivity index (χ3n) is 4.04. The molecule has 1 aliphatic rings. The molecule has 1 saturated heterocycles. The molecule has 5 atom stereocenters. The molecular weight excluding hydrogens is 533 g/mol. The highest BCUT2D eigenvalue weighted by Crippen LogP contribution is 2.66. The average molecular weight is 548 g/mol. The summed E-state index contributed by atoms with van der Waals surface area (Å²) in [7, 11) is -16.7. The van der Waals surface area contributed by atoms with E-state index in [0.717, 1.165) is 0 Å². The second kappa shape index (κ2) is 9.90. The topological polar surface area (TPSA) is 317 Å². The normalized spacial score (nSPS) is 24.4. The van der Waals surface area contributed by atoms with E-state index in [4.69, 9.17) is 30.8 Å². The number of nitrogens with two attached hydrogens (primary N) is 1. The highest BCUT2D eigenvalue weighted by atomic mass is 31.3. The molecule has 7 N–H and O–H groups in total. The van der Waals surface area contributed by atoms with E-state index >= 15 is 0 Å². The molecule has 188 valence electrons. The van der Waals surface area contributed by atoms with Gasteiger partial charge in [-0.1, -0.05) is 0 Å². The van der Waals surface area contributed by atoms with Gasteiger partial charge in [0.1, 0.15) is 18.4 Å². The number of phosphoric ester groups is 1. The third-order valence-corrected chi connectivity index (χ3v) is 7.85. The molecule has 3 rings (SSSR count). The van der Waals surface area contributed by atoms with Gasteiger partial charge in [-0.05, 0) is 10.6 Å². The zero-order chi connectivity index (χ0) is 25.3. The SMILES string of the molecule is [N-]=[N+]=Nc1nc2c(ncn2[C@H]2CC(ON)[C@@H](COP(=O)(O)OP(=O)(O)OP(=O)(O)O)O2)c(=O)[nH]1. The van der Waals surface area contributed by atoms with E-state index in [9.17, 15) is 28.3 Å². The first-order valence-corrected chi connectivity index (χ1v) is 13.1. The minimum Gasteiger partial charge on any atom is -0.349 e. The van der Waals surface area contributed by atoms with Crippen molar-refractivity contribution in [1.82, 2.24) is 19.5 Å². The Hall–Kier alpha value is -2.05. The first-order valence-electron chi connectivity index (χ1n) is 8.55. The van der Waals surface area contributed by atoms with Crippen molar-refractivity contribution in [2.24, 2.45) is 11.0 Å². The van der Waals surface area contributed by atoms with Gasteiger partial charge in [0.25, 0.3) is 5.56 Å². The number of aromatic nitrogens is 4. The number of aromatic amines is 1. The minimum absolute atomic E-state index is 0.0300. The van der Waals surface area contributed by atoms with Crippen LogP contribution in [-0.4, -0.2) is 57.9 Å². The van der Waals surface area contributed by atoms with Gasteiger partial charge in [-0.3, -0.25) is 18.7 Å². The van der Waals surface area contributed by atoms with Gasteiger partial charge in [0.15, 0.2) is 17.1 Å². The van der Waals surface area contributed by atoms with Gasteiger partial charge in [-0.25, -0.2) is 29.6 Å². The van der Waals surface area contributed by atoms with Crippen molar-refractivity contribution in [3.05, 3.63) is 27.1 Å². The van der Waals surface area contributed by atoms with E-state index in [0.29, 0.717) is 0 Å². The predicted molar refractivity (Wildman–Crippen MR) is 104 cm³/mol. The fourth-order valence-electron chi connectivity index (χ4n) is 2.85. The predicted octanol–water partition coefficient (Wildman–Crippen LogP) is -0.0489. The van der Waals surface area contributed by atoms with Gasteiger partial charge in [0, 0.05) is 11.3 Å². The summed E-state index contributed by atoms with van der Waals surface area (Å²) in [4.78, 5) is 65.2. The Morgan fingerprint density at radius 1 is 1.29 bits per heavy atom. The summed E-state index contributed by atoms with van der Waals surface area (Å²) in [5, 5.41) is 3.21. The molecule has 1 fully saturated rings. The molecule has 2 aromatic heterocycles. The third kappa shape index (κ3) is 6.54. The molecule has 0 spiro atoms. The van der Waals surface area contributed by atoms with Crippen molar-refractivity contribution < 1.29 is 56.0 Å². The zero-order valence-electron chi connectivity index (χ0n) is 16.3. The standard InChI is InChI=1S/C10H15N8O13P3/c11-17-16-10-14-8-7(9(19)15-10)13-3-18(8)6-1-4(29-12)5(28-6)2-27-33(23,24)31-34(25,26)30-32(20,21)22/h3-6H,1-2,12H2,(H,23,24)(H,25,26)(H,14,15,19)(H2,20,21,22)/t4?,5-,6-/m1/s1. The smallest absolute Gasteiger partial charge is 0.349 e. The van der Waals surface area contributed by atoms with Gasteiger partial charge in [0.05, 0.1) is 12.9 Å². The van der Waals surface area contributed by atoms with Crippen LogP contribution in [0.1, 0.15) is 12.6 Å². The Labute approximate surface area is 186 Å². The lowest BCUT2D eigenvalue weighted by Crippen LogP contribution is -2.31. The van der Waals surface area contributed by atoms with Crippen LogP contribution in [0.15, 0.2) is 16.2 Å². The molecule has 24 heteroatoms. The molecule has 0 radical (unpaired) electrons. The number of azide groups is 1. The maximum atomic E-state index is 12.1. The largest absolute Gasteiger partial charge is 0.490 e. The van der Waals surface area contributed by atoms with Crippen LogP contribution < -0.4 is 11.5 Å². The summed E-state index contributed by atoms with van der Waals surface area (Å²) in [6.45, 7) is -0.827. The van der Waals surface area contributed by atoms with E-state index in [2.05, 4.69) is 38.1 Å². The molecule has 0 aromatic carbocycles. The zero-order valence-corrected chi connectivity index (χ0v) is 19.0. The summed E-state index contributed by atoms with van der Waals surface area (Å²) in [6.07, 6.45) is -2.02. The molecule has 1 aliphatic heterocycles. The van der Waals surface area contributed by atoms with Gasteiger partial charge in [-0.2, -0.15) is 8.62 Å². The van der Waals surface area contributed by atoms with E-state index in [1.165, 1.54) is 10.9 Å². The van der Waals surface area contributed by atoms with Crippen LogP contribution in [0.4, 0.5) is 5.95 Å². The number of fused-ring (bicyclic) bond motifs is 1. The molecule has 3 heterocycles. The van der Waals surface area contributed by atoms with E-state index in [1.54, 1.807) is 0 Å². The van der Waals surface area contributed by atoms with Crippen LogP contribution in [0.5, 0.6) is 0 Å². The number of hydrogen-bond acceptors (Lipinski definition) is 13. The number of ether oxygens (including phenoxy) is 1. The molecule has 3 unspecified atom stereocenters. The Morgan fingerprint density at radius 2 is 2.00 bits per heavy atom. The van der Waals surface area contributed by atoms with E-state index in [-0.39, 0.29) is 23.5 Å². The molecule has 21 nitrogen and oxygen atoms in total. The van der Waals surface area contributed by atoms with Gasteiger partial charge < -0.3 is 29.3 Å². The number of nitrogens with one attached hydrogen (secondary N) is 1. The monoisotopic (exact) mass is 548 g/mol. The second-order valence-corrected chi connectivity index (χ2v) is 10.7. The molecule has 34 heavy (non-hydrogen) atoms. The Bertz CT molecular complexity index is 1320. The van der Waals surface area contributed by atoms with Gasteiger partial charge in [0.2, 0.25) is 0 Å². The van der Waals surface area contributed by atoms with Crippen molar-refractivity contribution in [1.29, 1.82) is 0 Å². The maximum Gasteiger partial charge on any atom is 0.490 e. The first kappa shape index (κ1) is 26.6. The molecule has 0 bridgehead atoms. The van der Waals surface area contributed by atoms with Crippen molar-refractivity contribution in [3.8, 4) is 0 Å². The number of rotatable bonds is 10.